The zero-order valence-corrected chi connectivity index (χ0v) is 11.8. The third-order valence-corrected chi connectivity index (χ3v) is 4.97. The summed E-state index contributed by atoms with van der Waals surface area (Å²) in [5.41, 5.74) is 0.893. The van der Waals surface area contributed by atoms with E-state index in [0.29, 0.717) is 10.0 Å². The molecule has 0 amide bonds. The van der Waals surface area contributed by atoms with Crippen molar-refractivity contribution in [2.75, 3.05) is 0 Å². The molecule has 1 aromatic heterocycles. The van der Waals surface area contributed by atoms with Gasteiger partial charge in [0.15, 0.2) is 5.78 Å². The van der Waals surface area contributed by atoms with Crippen molar-refractivity contribution in [3.8, 4) is 10.4 Å². The van der Waals surface area contributed by atoms with E-state index in [1.807, 2.05) is 24.3 Å². The second-order valence-corrected chi connectivity index (χ2v) is 6.27. The first-order chi connectivity index (χ1) is 8.66. The second-order valence-electron chi connectivity index (χ2n) is 4.40. The fraction of sp³-hybridized carbons (Fsp3) is 0.214. The van der Waals surface area contributed by atoms with Gasteiger partial charge in [-0.05, 0) is 31.0 Å². The van der Waals surface area contributed by atoms with Gasteiger partial charge in [0.05, 0.1) is 14.9 Å². The molecule has 0 radical (unpaired) electrons. The van der Waals surface area contributed by atoms with E-state index in [1.165, 1.54) is 11.3 Å². The van der Waals surface area contributed by atoms with Crippen molar-refractivity contribution in [1.82, 2.24) is 0 Å². The minimum Gasteiger partial charge on any atom is -0.293 e. The zero-order chi connectivity index (χ0) is 12.7. The third kappa shape index (κ3) is 2.20. The normalized spacial score (nSPS) is 14.8. The Labute approximate surface area is 119 Å². The quantitative estimate of drug-likeness (QED) is 0.701. The van der Waals surface area contributed by atoms with Crippen LogP contribution in [0.1, 0.15) is 22.5 Å². The summed E-state index contributed by atoms with van der Waals surface area (Å²) in [5, 5.41) is 1.09. The molecule has 18 heavy (non-hydrogen) atoms. The largest absolute Gasteiger partial charge is 0.293 e. The summed E-state index contributed by atoms with van der Waals surface area (Å²) in [7, 11) is 0. The van der Waals surface area contributed by atoms with Gasteiger partial charge in [0.1, 0.15) is 0 Å². The van der Waals surface area contributed by atoms with Crippen LogP contribution < -0.4 is 0 Å². The molecular weight excluding hydrogens is 287 g/mol. The van der Waals surface area contributed by atoms with Crippen LogP contribution in [0.4, 0.5) is 0 Å². The van der Waals surface area contributed by atoms with Gasteiger partial charge in [0, 0.05) is 16.4 Å². The van der Waals surface area contributed by atoms with Gasteiger partial charge in [-0.3, -0.25) is 4.79 Å². The van der Waals surface area contributed by atoms with Crippen molar-refractivity contribution in [3.05, 3.63) is 45.3 Å². The van der Waals surface area contributed by atoms with Crippen molar-refractivity contribution < 1.29 is 4.79 Å². The Hall–Kier alpha value is -0.830. The molecule has 1 aromatic carbocycles. The van der Waals surface area contributed by atoms with Crippen LogP contribution in [0.15, 0.2) is 30.3 Å². The van der Waals surface area contributed by atoms with Crippen molar-refractivity contribution in [1.29, 1.82) is 0 Å². The van der Waals surface area contributed by atoms with E-state index in [0.717, 1.165) is 28.2 Å². The van der Waals surface area contributed by atoms with Crippen molar-refractivity contribution in [2.45, 2.75) is 12.8 Å². The Morgan fingerprint density at radius 2 is 1.94 bits per heavy atom. The summed E-state index contributed by atoms with van der Waals surface area (Å²) in [5.74, 6) is 0.524. The molecule has 3 rings (SSSR count). The molecule has 1 fully saturated rings. The Morgan fingerprint density at radius 1 is 1.17 bits per heavy atom. The van der Waals surface area contributed by atoms with Gasteiger partial charge in [-0.2, -0.15) is 0 Å². The summed E-state index contributed by atoms with van der Waals surface area (Å²) in [6.45, 7) is 0. The zero-order valence-electron chi connectivity index (χ0n) is 9.45. The highest BCUT2D eigenvalue weighted by molar-refractivity contribution is 7.17. The Bertz CT molecular complexity index is 614. The molecular formula is C14H10Cl2OS. The summed E-state index contributed by atoms with van der Waals surface area (Å²) in [6, 6.07) is 9.38. The minimum absolute atomic E-state index is 0.256. The number of ketones is 1. The highest BCUT2D eigenvalue weighted by atomic mass is 35.5. The van der Waals surface area contributed by atoms with E-state index >= 15 is 0 Å². The van der Waals surface area contributed by atoms with Crippen LogP contribution in [0, 0.1) is 5.92 Å². The second kappa shape index (κ2) is 4.69. The average molecular weight is 297 g/mol. The number of benzene rings is 1. The van der Waals surface area contributed by atoms with Gasteiger partial charge >= 0.3 is 0 Å². The molecule has 1 heterocycles. The summed E-state index contributed by atoms with van der Waals surface area (Å²) in [6.07, 6.45) is 2.06. The molecule has 92 valence electrons. The van der Waals surface area contributed by atoms with Crippen LogP contribution in [-0.4, -0.2) is 5.78 Å². The molecule has 0 saturated heterocycles. The van der Waals surface area contributed by atoms with Gasteiger partial charge in [-0.15, -0.1) is 11.3 Å². The van der Waals surface area contributed by atoms with Crippen LogP contribution in [0.5, 0.6) is 0 Å². The van der Waals surface area contributed by atoms with Crippen LogP contribution >= 0.6 is 34.5 Å². The lowest BCUT2D eigenvalue weighted by atomic mass is 10.2. The summed E-state index contributed by atoms with van der Waals surface area (Å²) < 4.78 is 0. The van der Waals surface area contributed by atoms with Crippen molar-refractivity contribution in [3.63, 3.8) is 0 Å². The highest BCUT2D eigenvalue weighted by Gasteiger charge is 2.31. The fourth-order valence-electron chi connectivity index (χ4n) is 1.86. The first kappa shape index (κ1) is 12.2. The number of thiophene rings is 1. The first-order valence-electron chi connectivity index (χ1n) is 5.75. The van der Waals surface area contributed by atoms with Crippen LogP contribution in [-0.2, 0) is 0 Å². The third-order valence-electron chi connectivity index (χ3n) is 3.01. The standard InChI is InChI=1S/C14H10Cl2OS/c15-10-3-1-2-9(13(10)16)11-6-7-12(18-11)14(17)8-4-5-8/h1-3,6-8H,4-5H2. The highest BCUT2D eigenvalue weighted by Crippen LogP contribution is 2.39. The SMILES string of the molecule is O=C(c1ccc(-c2cccc(Cl)c2Cl)s1)C1CC1. The first-order valence-corrected chi connectivity index (χ1v) is 7.32. The molecule has 1 aliphatic carbocycles. The summed E-state index contributed by atoms with van der Waals surface area (Å²) >= 11 is 13.7. The van der Waals surface area contributed by atoms with Gasteiger partial charge in [0.25, 0.3) is 0 Å². The Kier molecular flexibility index (Phi) is 3.18. The summed E-state index contributed by atoms with van der Waals surface area (Å²) in [4.78, 5) is 13.8. The average Bonchev–Trinajstić information content (AvgIpc) is 3.10. The van der Waals surface area contributed by atoms with E-state index in [4.69, 9.17) is 23.2 Å². The lowest BCUT2D eigenvalue weighted by molar-refractivity contribution is 0.0971. The van der Waals surface area contributed by atoms with Crippen molar-refractivity contribution in [2.24, 2.45) is 5.92 Å². The molecule has 4 heteroatoms. The monoisotopic (exact) mass is 296 g/mol. The maximum atomic E-state index is 12.0. The topological polar surface area (TPSA) is 17.1 Å². The molecule has 2 aromatic rings. The molecule has 0 aliphatic heterocycles. The van der Waals surface area contributed by atoms with Gasteiger partial charge in [-0.25, -0.2) is 0 Å². The molecule has 0 N–H and O–H groups in total. The molecule has 1 saturated carbocycles. The number of rotatable bonds is 3. The maximum absolute atomic E-state index is 12.0. The number of Topliss-reactive ketones (excluding diaryl/α,β-unsaturated/α-hetero) is 1. The van der Waals surface area contributed by atoms with Gasteiger partial charge in [0.2, 0.25) is 0 Å². The fourth-order valence-corrected chi connectivity index (χ4v) is 3.37. The number of halogens is 2. The van der Waals surface area contributed by atoms with E-state index in [1.54, 1.807) is 6.07 Å². The number of carbonyl (C=O) groups excluding carboxylic acids is 1. The van der Waals surface area contributed by atoms with E-state index in [9.17, 15) is 4.79 Å². The van der Waals surface area contributed by atoms with Gasteiger partial charge in [-0.1, -0.05) is 35.3 Å². The number of hydrogen-bond donors (Lipinski definition) is 0. The van der Waals surface area contributed by atoms with E-state index < -0.39 is 0 Å². The number of hydrogen-bond acceptors (Lipinski definition) is 2. The lowest BCUT2D eigenvalue weighted by Gasteiger charge is -2.02. The molecule has 0 unspecified atom stereocenters. The molecule has 1 nitrogen and oxygen atoms in total. The van der Waals surface area contributed by atoms with E-state index in [-0.39, 0.29) is 11.7 Å². The molecule has 0 bridgehead atoms. The predicted octanol–water partition coefficient (Wildman–Crippen LogP) is 5.31. The Morgan fingerprint density at radius 3 is 2.67 bits per heavy atom. The van der Waals surface area contributed by atoms with Gasteiger partial charge < -0.3 is 0 Å². The number of carbonyl (C=O) groups is 1. The molecule has 0 atom stereocenters. The predicted molar refractivity (Wildman–Crippen MR) is 76.8 cm³/mol. The lowest BCUT2D eigenvalue weighted by Crippen LogP contribution is -1.96. The maximum Gasteiger partial charge on any atom is 0.175 e. The van der Waals surface area contributed by atoms with E-state index in [2.05, 4.69) is 0 Å². The van der Waals surface area contributed by atoms with Crippen molar-refractivity contribution >= 4 is 40.3 Å². The molecule has 0 spiro atoms. The van der Waals surface area contributed by atoms with Crippen LogP contribution in [0.3, 0.4) is 0 Å². The smallest absolute Gasteiger partial charge is 0.175 e. The van der Waals surface area contributed by atoms with Crippen LogP contribution in [0.2, 0.25) is 10.0 Å². The Balaban J connectivity index is 1.97. The van der Waals surface area contributed by atoms with Crippen LogP contribution in [0.25, 0.3) is 10.4 Å². The molecule has 1 aliphatic rings. The minimum atomic E-state index is 0.256.